The molecular formula is C12H19BrN2O2. The molecule has 0 aliphatic carbocycles. The quantitative estimate of drug-likeness (QED) is 0.547. The monoisotopic (exact) mass is 302 g/mol. The predicted molar refractivity (Wildman–Crippen MR) is 70.3 cm³/mol. The molecule has 0 aliphatic heterocycles. The third-order valence-corrected chi connectivity index (χ3v) is 2.97. The highest BCUT2D eigenvalue weighted by molar-refractivity contribution is 9.10. The summed E-state index contributed by atoms with van der Waals surface area (Å²) in [5.74, 6) is 0.127. The van der Waals surface area contributed by atoms with Crippen LogP contribution in [0.2, 0.25) is 0 Å². The molecule has 0 saturated carbocycles. The number of aryl methyl sites for hydroxylation is 1. The number of aromatic nitrogens is 2. The zero-order chi connectivity index (χ0) is 12.7. The number of nitrogens with zero attached hydrogens (tertiary/aromatic N) is 2. The Morgan fingerprint density at radius 2 is 2.29 bits per heavy atom. The molecule has 4 nitrogen and oxygen atoms in total. The SMILES string of the molecule is CCCn1ncc(Br)c1C(=O)CCCOCC. The summed E-state index contributed by atoms with van der Waals surface area (Å²) in [7, 11) is 0. The van der Waals surface area contributed by atoms with Gasteiger partial charge in [-0.2, -0.15) is 5.10 Å². The van der Waals surface area contributed by atoms with Crippen LogP contribution in [0.4, 0.5) is 0 Å². The first-order valence-electron chi connectivity index (χ1n) is 6.02. The summed E-state index contributed by atoms with van der Waals surface area (Å²) in [6, 6.07) is 0. The van der Waals surface area contributed by atoms with E-state index in [4.69, 9.17) is 4.74 Å². The van der Waals surface area contributed by atoms with Gasteiger partial charge in [-0.3, -0.25) is 9.48 Å². The molecule has 96 valence electrons. The Morgan fingerprint density at radius 1 is 1.53 bits per heavy atom. The van der Waals surface area contributed by atoms with Gasteiger partial charge in [0.15, 0.2) is 5.78 Å². The van der Waals surface area contributed by atoms with E-state index in [1.165, 1.54) is 0 Å². The topological polar surface area (TPSA) is 44.1 Å². The zero-order valence-corrected chi connectivity index (χ0v) is 12.0. The van der Waals surface area contributed by atoms with Crippen LogP contribution in [0, 0.1) is 0 Å². The third kappa shape index (κ3) is 4.24. The Hall–Kier alpha value is -0.680. The van der Waals surface area contributed by atoms with E-state index >= 15 is 0 Å². The van der Waals surface area contributed by atoms with E-state index in [0.29, 0.717) is 25.3 Å². The fourth-order valence-electron chi connectivity index (χ4n) is 1.62. The summed E-state index contributed by atoms with van der Waals surface area (Å²) in [4.78, 5) is 12.0. The van der Waals surface area contributed by atoms with Crippen molar-refractivity contribution >= 4 is 21.7 Å². The van der Waals surface area contributed by atoms with Gasteiger partial charge in [-0.15, -0.1) is 0 Å². The maximum absolute atomic E-state index is 12.0. The van der Waals surface area contributed by atoms with Crippen molar-refractivity contribution in [2.24, 2.45) is 0 Å². The average molecular weight is 303 g/mol. The van der Waals surface area contributed by atoms with Crippen LogP contribution in [-0.4, -0.2) is 28.8 Å². The Balaban J connectivity index is 2.58. The lowest BCUT2D eigenvalue weighted by molar-refractivity contribution is 0.0936. The normalized spacial score (nSPS) is 10.8. The van der Waals surface area contributed by atoms with Crippen LogP contribution in [0.3, 0.4) is 0 Å². The summed E-state index contributed by atoms with van der Waals surface area (Å²) >= 11 is 3.37. The van der Waals surface area contributed by atoms with Gasteiger partial charge in [-0.1, -0.05) is 6.92 Å². The molecule has 0 atom stereocenters. The van der Waals surface area contributed by atoms with Gasteiger partial charge in [0.05, 0.1) is 10.7 Å². The molecule has 1 aromatic rings. The molecular weight excluding hydrogens is 284 g/mol. The van der Waals surface area contributed by atoms with Gasteiger partial charge in [0.25, 0.3) is 0 Å². The van der Waals surface area contributed by atoms with E-state index in [-0.39, 0.29) is 5.78 Å². The molecule has 0 fully saturated rings. The lowest BCUT2D eigenvalue weighted by atomic mass is 10.2. The Labute approximate surface area is 110 Å². The van der Waals surface area contributed by atoms with Crippen LogP contribution < -0.4 is 0 Å². The highest BCUT2D eigenvalue weighted by atomic mass is 79.9. The molecule has 0 unspecified atom stereocenters. The number of carbonyl (C=O) groups excluding carboxylic acids is 1. The fourth-order valence-corrected chi connectivity index (χ4v) is 2.14. The molecule has 0 bridgehead atoms. The number of Topliss-reactive ketones (excluding diaryl/α,β-unsaturated/α-hetero) is 1. The van der Waals surface area contributed by atoms with Gasteiger partial charge in [0.2, 0.25) is 0 Å². The highest BCUT2D eigenvalue weighted by Crippen LogP contribution is 2.18. The minimum absolute atomic E-state index is 0.127. The van der Waals surface area contributed by atoms with Crippen LogP contribution in [-0.2, 0) is 11.3 Å². The first-order valence-corrected chi connectivity index (χ1v) is 6.82. The van der Waals surface area contributed by atoms with Crippen LogP contribution in [0.5, 0.6) is 0 Å². The molecule has 0 radical (unpaired) electrons. The van der Waals surface area contributed by atoms with Gasteiger partial charge in [-0.05, 0) is 35.7 Å². The number of ether oxygens (including phenoxy) is 1. The molecule has 0 spiro atoms. The van der Waals surface area contributed by atoms with Crippen LogP contribution in [0.25, 0.3) is 0 Å². The standard InChI is InChI=1S/C12H19BrN2O2/c1-3-7-15-12(10(13)9-14-15)11(16)6-5-8-17-4-2/h9H,3-8H2,1-2H3. The van der Waals surface area contributed by atoms with E-state index in [1.807, 2.05) is 6.92 Å². The zero-order valence-electron chi connectivity index (χ0n) is 10.4. The minimum Gasteiger partial charge on any atom is -0.382 e. The lowest BCUT2D eigenvalue weighted by Gasteiger charge is -2.06. The molecule has 0 aliphatic rings. The highest BCUT2D eigenvalue weighted by Gasteiger charge is 2.16. The van der Waals surface area contributed by atoms with Gasteiger partial charge in [0, 0.05) is 26.2 Å². The van der Waals surface area contributed by atoms with Gasteiger partial charge < -0.3 is 4.74 Å². The molecule has 0 N–H and O–H groups in total. The van der Waals surface area contributed by atoms with Crippen molar-refractivity contribution < 1.29 is 9.53 Å². The molecule has 1 aromatic heterocycles. The fraction of sp³-hybridized carbons (Fsp3) is 0.667. The van der Waals surface area contributed by atoms with E-state index in [9.17, 15) is 4.79 Å². The molecule has 1 heterocycles. The molecule has 0 aromatic carbocycles. The second-order valence-electron chi connectivity index (χ2n) is 3.79. The Kier molecular flexibility index (Phi) is 6.44. The number of halogens is 1. The minimum atomic E-state index is 0.127. The molecule has 0 saturated heterocycles. The van der Waals surface area contributed by atoms with Gasteiger partial charge in [-0.25, -0.2) is 0 Å². The van der Waals surface area contributed by atoms with Crippen molar-refractivity contribution in [1.82, 2.24) is 9.78 Å². The molecule has 17 heavy (non-hydrogen) atoms. The first-order chi connectivity index (χ1) is 8.20. The van der Waals surface area contributed by atoms with Crippen molar-refractivity contribution in [2.45, 2.75) is 39.7 Å². The van der Waals surface area contributed by atoms with Crippen molar-refractivity contribution in [3.05, 3.63) is 16.4 Å². The summed E-state index contributed by atoms with van der Waals surface area (Å²) in [6.45, 7) is 6.14. The smallest absolute Gasteiger partial charge is 0.182 e. The van der Waals surface area contributed by atoms with Gasteiger partial charge in [0.1, 0.15) is 5.69 Å². The summed E-state index contributed by atoms with van der Waals surface area (Å²) in [5, 5.41) is 4.19. The van der Waals surface area contributed by atoms with E-state index in [2.05, 4.69) is 28.0 Å². The van der Waals surface area contributed by atoms with Crippen molar-refractivity contribution in [3.8, 4) is 0 Å². The molecule has 1 rings (SSSR count). The summed E-state index contributed by atoms with van der Waals surface area (Å²) < 4.78 is 7.78. The number of ketones is 1. The van der Waals surface area contributed by atoms with Gasteiger partial charge >= 0.3 is 0 Å². The van der Waals surface area contributed by atoms with E-state index in [0.717, 1.165) is 23.9 Å². The maximum atomic E-state index is 12.0. The number of hydrogen-bond acceptors (Lipinski definition) is 3. The average Bonchev–Trinajstić information content (AvgIpc) is 2.66. The molecule has 0 amide bonds. The predicted octanol–water partition coefficient (Wildman–Crippen LogP) is 3.06. The van der Waals surface area contributed by atoms with Crippen LogP contribution in [0.15, 0.2) is 10.7 Å². The summed E-state index contributed by atoms with van der Waals surface area (Å²) in [5.41, 5.74) is 0.684. The third-order valence-electron chi connectivity index (χ3n) is 2.39. The maximum Gasteiger partial charge on any atom is 0.182 e. The Morgan fingerprint density at radius 3 is 2.94 bits per heavy atom. The number of hydrogen-bond donors (Lipinski definition) is 0. The van der Waals surface area contributed by atoms with Crippen molar-refractivity contribution in [2.75, 3.05) is 13.2 Å². The van der Waals surface area contributed by atoms with E-state index in [1.54, 1.807) is 10.9 Å². The summed E-state index contributed by atoms with van der Waals surface area (Å²) in [6.07, 6.45) is 3.92. The van der Waals surface area contributed by atoms with Crippen LogP contribution >= 0.6 is 15.9 Å². The molecule has 5 heteroatoms. The van der Waals surface area contributed by atoms with E-state index < -0.39 is 0 Å². The second kappa shape index (κ2) is 7.61. The number of rotatable bonds is 8. The lowest BCUT2D eigenvalue weighted by Crippen LogP contribution is -2.11. The largest absolute Gasteiger partial charge is 0.382 e. The Bertz CT molecular complexity index is 363. The van der Waals surface area contributed by atoms with Crippen molar-refractivity contribution in [3.63, 3.8) is 0 Å². The number of carbonyl (C=O) groups is 1. The first kappa shape index (κ1) is 14.4. The second-order valence-corrected chi connectivity index (χ2v) is 4.64. The van der Waals surface area contributed by atoms with Crippen LogP contribution in [0.1, 0.15) is 43.6 Å². The van der Waals surface area contributed by atoms with Crippen molar-refractivity contribution in [1.29, 1.82) is 0 Å².